The van der Waals surface area contributed by atoms with Crippen LogP contribution in [0.3, 0.4) is 0 Å². The van der Waals surface area contributed by atoms with Gasteiger partial charge in [-0.15, -0.1) is 0 Å². The van der Waals surface area contributed by atoms with E-state index in [1.54, 1.807) is 19.1 Å². The van der Waals surface area contributed by atoms with Crippen molar-refractivity contribution in [3.8, 4) is 11.8 Å². The fraction of sp³-hybridized carbons (Fsp3) is 0.0909. The first-order valence-electron chi connectivity index (χ1n) is 4.53. The highest BCUT2D eigenvalue weighted by atomic mass is 19.1. The number of hydrogen-bond acceptors (Lipinski definition) is 2. The van der Waals surface area contributed by atoms with E-state index in [2.05, 4.69) is 5.10 Å². The second kappa shape index (κ2) is 3.74. The largest absolute Gasteiger partial charge is 0.235 e. The van der Waals surface area contributed by atoms with E-state index in [0.29, 0.717) is 5.69 Å². The molecule has 2 aromatic rings. The summed E-state index contributed by atoms with van der Waals surface area (Å²) in [6.07, 6.45) is 1.46. The Morgan fingerprint density at radius 2 is 1.94 bits per heavy atom. The van der Waals surface area contributed by atoms with Crippen molar-refractivity contribution in [2.45, 2.75) is 6.92 Å². The van der Waals surface area contributed by atoms with E-state index in [1.165, 1.54) is 6.20 Å². The van der Waals surface area contributed by atoms with Gasteiger partial charge in [0.1, 0.15) is 5.69 Å². The Balaban J connectivity index is 2.63. The zero-order valence-corrected chi connectivity index (χ0v) is 8.41. The van der Waals surface area contributed by atoms with Crippen LogP contribution in [0.2, 0.25) is 0 Å². The number of aromatic nitrogens is 2. The van der Waals surface area contributed by atoms with Gasteiger partial charge < -0.3 is 0 Å². The van der Waals surface area contributed by atoms with Crippen LogP contribution in [-0.4, -0.2) is 9.78 Å². The summed E-state index contributed by atoms with van der Waals surface area (Å²) in [7, 11) is 0. The third-order valence-electron chi connectivity index (χ3n) is 2.10. The number of rotatable bonds is 1. The first-order valence-corrected chi connectivity index (χ1v) is 4.53. The van der Waals surface area contributed by atoms with Gasteiger partial charge in [-0.3, -0.25) is 0 Å². The van der Waals surface area contributed by atoms with Gasteiger partial charge in [-0.05, 0) is 25.1 Å². The number of nitrogens with zero attached hydrogens (tertiary/aromatic N) is 3. The molecule has 16 heavy (non-hydrogen) atoms. The van der Waals surface area contributed by atoms with Gasteiger partial charge in [0.15, 0.2) is 11.6 Å². The van der Waals surface area contributed by atoms with Crippen molar-refractivity contribution in [1.29, 1.82) is 5.26 Å². The summed E-state index contributed by atoms with van der Waals surface area (Å²) < 4.78 is 28.2. The highest BCUT2D eigenvalue weighted by Gasteiger charge is 2.13. The molecule has 0 radical (unpaired) electrons. The van der Waals surface area contributed by atoms with E-state index in [0.717, 1.165) is 16.8 Å². The average molecular weight is 219 g/mol. The standard InChI is InChI=1S/C11H7F2N3/c1-7-2-3-16(15-7)11-9(12)4-8(6-14)5-10(11)13/h2-5H,1H3. The maximum atomic E-state index is 13.5. The van der Waals surface area contributed by atoms with E-state index in [4.69, 9.17) is 5.26 Å². The second-order valence-corrected chi connectivity index (χ2v) is 3.30. The first kappa shape index (κ1) is 10.3. The van der Waals surface area contributed by atoms with Crippen molar-refractivity contribution in [1.82, 2.24) is 9.78 Å². The molecule has 5 heteroatoms. The van der Waals surface area contributed by atoms with E-state index in [1.807, 2.05) is 0 Å². The Morgan fingerprint density at radius 1 is 1.31 bits per heavy atom. The van der Waals surface area contributed by atoms with Crippen LogP contribution in [0, 0.1) is 29.9 Å². The molecule has 0 aliphatic heterocycles. The van der Waals surface area contributed by atoms with Gasteiger partial charge in [-0.2, -0.15) is 10.4 Å². The van der Waals surface area contributed by atoms with Crippen molar-refractivity contribution in [3.63, 3.8) is 0 Å². The molecule has 0 aliphatic carbocycles. The maximum absolute atomic E-state index is 13.5. The Hall–Kier alpha value is -2.22. The van der Waals surface area contributed by atoms with Crippen LogP contribution in [-0.2, 0) is 0 Å². The normalized spacial score (nSPS) is 10.1. The molecule has 3 nitrogen and oxygen atoms in total. The fourth-order valence-electron chi connectivity index (χ4n) is 1.39. The lowest BCUT2D eigenvalue weighted by Crippen LogP contribution is -2.03. The monoisotopic (exact) mass is 219 g/mol. The molecular formula is C11H7F2N3. The Kier molecular flexibility index (Phi) is 2.41. The lowest BCUT2D eigenvalue weighted by molar-refractivity contribution is 0.559. The number of halogens is 2. The molecule has 0 amide bonds. The Labute approximate surface area is 90.5 Å². The second-order valence-electron chi connectivity index (χ2n) is 3.30. The summed E-state index contributed by atoms with van der Waals surface area (Å²) in [5.74, 6) is -1.61. The third-order valence-corrected chi connectivity index (χ3v) is 2.10. The molecule has 0 bridgehead atoms. The van der Waals surface area contributed by atoms with Gasteiger partial charge in [0.2, 0.25) is 0 Å². The maximum Gasteiger partial charge on any atom is 0.153 e. The van der Waals surface area contributed by atoms with Gasteiger partial charge >= 0.3 is 0 Å². The van der Waals surface area contributed by atoms with Crippen molar-refractivity contribution in [2.75, 3.05) is 0 Å². The van der Waals surface area contributed by atoms with Crippen molar-refractivity contribution >= 4 is 0 Å². The van der Waals surface area contributed by atoms with Crippen LogP contribution in [0.5, 0.6) is 0 Å². The van der Waals surface area contributed by atoms with Crippen LogP contribution in [0.15, 0.2) is 24.4 Å². The molecule has 0 saturated heterocycles. The molecule has 1 aromatic carbocycles. The molecule has 80 valence electrons. The summed E-state index contributed by atoms with van der Waals surface area (Å²) in [6, 6.07) is 5.28. The number of aryl methyl sites for hydroxylation is 1. The predicted molar refractivity (Wildman–Crippen MR) is 52.9 cm³/mol. The average Bonchev–Trinajstić information content (AvgIpc) is 2.63. The summed E-state index contributed by atoms with van der Waals surface area (Å²) in [6.45, 7) is 1.72. The quantitative estimate of drug-likeness (QED) is 0.738. The number of nitriles is 1. The van der Waals surface area contributed by atoms with E-state index >= 15 is 0 Å². The molecule has 0 spiro atoms. The highest BCUT2D eigenvalue weighted by Crippen LogP contribution is 2.19. The minimum Gasteiger partial charge on any atom is -0.235 e. The van der Waals surface area contributed by atoms with Crippen molar-refractivity contribution in [3.05, 3.63) is 47.3 Å². The van der Waals surface area contributed by atoms with Crippen LogP contribution < -0.4 is 0 Å². The van der Waals surface area contributed by atoms with Crippen LogP contribution in [0.4, 0.5) is 8.78 Å². The molecule has 0 saturated carbocycles. The molecule has 2 rings (SSSR count). The van der Waals surface area contributed by atoms with Crippen LogP contribution >= 0.6 is 0 Å². The smallest absolute Gasteiger partial charge is 0.153 e. The first-order chi connectivity index (χ1) is 7.61. The van der Waals surface area contributed by atoms with Crippen LogP contribution in [0.1, 0.15) is 11.3 Å². The van der Waals surface area contributed by atoms with Gasteiger partial charge in [-0.25, -0.2) is 13.5 Å². The van der Waals surface area contributed by atoms with Gasteiger partial charge in [-0.1, -0.05) is 0 Å². The van der Waals surface area contributed by atoms with Gasteiger partial charge in [0.05, 0.1) is 17.3 Å². The van der Waals surface area contributed by atoms with Gasteiger partial charge in [0.25, 0.3) is 0 Å². The number of benzene rings is 1. The highest BCUT2D eigenvalue weighted by molar-refractivity contribution is 5.41. The topological polar surface area (TPSA) is 41.6 Å². The molecule has 1 heterocycles. The number of hydrogen-bond donors (Lipinski definition) is 0. The van der Waals surface area contributed by atoms with Gasteiger partial charge in [0, 0.05) is 6.20 Å². The molecule has 0 aliphatic rings. The summed E-state index contributed by atoms with van der Waals surface area (Å²) in [4.78, 5) is 0. The summed E-state index contributed by atoms with van der Waals surface area (Å²) in [5.41, 5.74) is 0.331. The molecule has 0 unspecified atom stereocenters. The SMILES string of the molecule is Cc1ccn(-c2c(F)cc(C#N)cc2F)n1. The fourth-order valence-corrected chi connectivity index (χ4v) is 1.39. The minimum absolute atomic E-state index is 0.0531. The Bertz CT molecular complexity index is 558. The molecule has 0 fully saturated rings. The molecular weight excluding hydrogens is 212 g/mol. The summed E-state index contributed by atoms with van der Waals surface area (Å²) in [5, 5.41) is 12.5. The minimum atomic E-state index is -0.806. The van der Waals surface area contributed by atoms with E-state index < -0.39 is 11.6 Å². The van der Waals surface area contributed by atoms with Crippen LogP contribution in [0.25, 0.3) is 5.69 Å². The van der Waals surface area contributed by atoms with Crippen molar-refractivity contribution in [2.24, 2.45) is 0 Å². The van der Waals surface area contributed by atoms with E-state index in [-0.39, 0.29) is 11.3 Å². The Morgan fingerprint density at radius 3 is 2.38 bits per heavy atom. The zero-order chi connectivity index (χ0) is 11.7. The molecule has 1 aromatic heterocycles. The molecule has 0 atom stereocenters. The third kappa shape index (κ3) is 1.65. The van der Waals surface area contributed by atoms with E-state index in [9.17, 15) is 8.78 Å². The lowest BCUT2D eigenvalue weighted by atomic mass is 10.2. The lowest BCUT2D eigenvalue weighted by Gasteiger charge is -2.04. The molecule has 0 N–H and O–H groups in total. The zero-order valence-electron chi connectivity index (χ0n) is 8.41. The van der Waals surface area contributed by atoms with Crippen molar-refractivity contribution < 1.29 is 8.78 Å². The predicted octanol–water partition coefficient (Wildman–Crippen LogP) is 2.33. The summed E-state index contributed by atoms with van der Waals surface area (Å²) >= 11 is 0.